The topological polar surface area (TPSA) is 120 Å². The van der Waals surface area contributed by atoms with Gasteiger partial charge in [0.2, 0.25) is 17.8 Å². The summed E-state index contributed by atoms with van der Waals surface area (Å²) in [5, 5.41) is 0. The number of piperidine rings is 1. The van der Waals surface area contributed by atoms with E-state index in [-0.39, 0.29) is 23.8 Å². The van der Waals surface area contributed by atoms with Crippen LogP contribution in [0.25, 0.3) is 0 Å². The van der Waals surface area contributed by atoms with Crippen LogP contribution in [-0.4, -0.2) is 41.1 Å². The van der Waals surface area contributed by atoms with E-state index < -0.39 is 0 Å². The van der Waals surface area contributed by atoms with Gasteiger partial charge in [0.25, 0.3) is 0 Å². The summed E-state index contributed by atoms with van der Waals surface area (Å²) < 4.78 is 4.94. The second-order valence-electron chi connectivity index (χ2n) is 4.17. The summed E-state index contributed by atoms with van der Waals surface area (Å²) in [5.41, 5.74) is 10.9. The highest BCUT2D eigenvalue weighted by atomic mass is 16.5. The van der Waals surface area contributed by atoms with Gasteiger partial charge in [-0.1, -0.05) is 0 Å². The van der Waals surface area contributed by atoms with Crippen molar-refractivity contribution in [2.24, 2.45) is 11.7 Å². The van der Waals surface area contributed by atoms with Crippen LogP contribution in [0.3, 0.4) is 0 Å². The maximum atomic E-state index is 11.2. The van der Waals surface area contributed by atoms with Crippen molar-refractivity contribution in [3.63, 3.8) is 0 Å². The van der Waals surface area contributed by atoms with Crippen LogP contribution < -0.4 is 21.1 Å². The lowest BCUT2D eigenvalue weighted by atomic mass is 9.98. The molecule has 1 aliphatic rings. The number of carbonyl (C=O) groups is 1. The molecule has 0 bridgehead atoms. The van der Waals surface area contributed by atoms with Crippen LogP contribution in [0, 0.1) is 5.92 Å². The van der Waals surface area contributed by atoms with Crippen LogP contribution in [0.15, 0.2) is 0 Å². The third-order valence-corrected chi connectivity index (χ3v) is 2.91. The lowest BCUT2D eigenvalue weighted by Crippen LogP contribution is -2.42. The Hall–Kier alpha value is -2.12. The van der Waals surface area contributed by atoms with E-state index in [4.69, 9.17) is 16.2 Å². The molecule has 1 saturated heterocycles. The predicted octanol–water partition coefficient (Wildman–Crippen LogP) is -0.836. The zero-order valence-electron chi connectivity index (χ0n) is 10.2. The van der Waals surface area contributed by atoms with Crippen molar-refractivity contribution in [2.75, 3.05) is 30.8 Å². The molecule has 8 heteroatoms. The lowest BCUT2D eigenvalue weighted by molar-refractivity contribution is -0.122. The first kappa shape index (κ1) is 12.3. The standard InChI is InChI=1S/C10H16N6O2/c1-18-10-14-8(12)13-9(15-10)16-4-2-3-6(5-16)7(11)17/h6H,2-5H2,1H3,(H2,11,17)(H2,12,13,14,15). The van der Waals surface area contributed by atoms with Gasteiger partial charge in [0, 0.05) is 13.1 Å². The van der Waals surface area contributed by atoms with E-state index in [1.54, 1.807) is 0 Å². The second kappa shape index (κ2) is 5.03. The van der Waals surface area contributed by atoms with Gasteiger partial charge in [0.05, 0.1) is 13.0 Å². The maximum absolute atomic E-state index is 11.2. The molecule has 0 saturated carbocycles. The second-order valence-corrected chi connectivity index (χ2v) is 4.17. The number of hydrogen-bond acceptors (Lipinski definition) is 7. The van der Waals surface area contributed by atoms with Crippen LogP contribution in [-0.2, 0) is 4.79 Å². The highest BCUT2D eigenvalue weighted by Gasteiger charge is 2.26. The van der Waals surface area contributed by atoms with Gasteiger partial charge in [-0.2, -0.15) is 15.0 Å². The summed E-state index contributed by atoms with van der Waals surface area (Å²) in [6, 6.07) is 0.165. The maximum Gasteiger partial charge on any atom is 0.322 e. The number of rotatable bonds is 3. The third kappa shape index (κ3) is 2.58. The molecule has 98 valence electrons. The highest BCUT2D eigenvalue weighted by Crippen LogP contribution is 2.21. The molecular formula is C10H16N6O2. The first-order valence-corrected chi connectivity index (χ1v) is 5.70. The number of ether oxygens (including phenoxy) is 1. The largest absolute Gasteiger partial charge is 0.467 e. The van der Waals surface area contributed by atoms with E-state index in [1.165, 1.54) is 7.11 Å². The van der Waals surface area contributed by atoms with E-state index in [1.807, 2.05) is 4.90 Å². The monoisotopic (exact) mass is 252 g/mol. The van der Waals surface area contributed by atoms with Gasteiger partial charge in [-0.15, -0.1) is 0 Å². The first-order valence-electron chi connectivity index (χ1n) is 5.70. The number of primary amides is 1. The molecule has 0 radical (unpaired) electrons. The fourth-order valence-electron chi connectivity index (χ4n) is 1.98. The molecule has 4 N–H and O–H groups in total. The predicted molar refractivity (Wildman–Crippen MR) is 64.9 cm³/mol. The van der Waals surface area contributed by atoms with E-state index in [0.29, 0.717) is 12.5 Å². The molecule has 1 unspecified atom stereocenters. The minimum absolute atomic E-state index is 0.0954. The molecule has 1 aromatic rings. The summed E-state index contributed by atoms with van der Waals surface area (Å²) >= 11 is 0. The minimum atomic E-state index is -0.298. The molecule has 1 aromatic heterocycles. The van der Waals surface area contributed by atoms with Crippen molar-refractivity contribution in [2.45, 2.75) is 12.8 Å². The molecule has 2 heterocycles. The van der Waals surface area contributed by atoms with Gasteiger partial charge in [-0.3, -0.25) is 4.79 Å². The number of nitrogens with two attached hydrogens (primary N) is 2. The number of nitrogen functional groups attached to an aromatic ring is 1. The van der Waals surface area contributed by atoms with Crippen molar-refractivity contribution >= 4 is 17.8 Å². The number of methoxy groups -OCH3 is 1. The molecular weight excluding hydrogens is 236 g/mol. The van der Waals surface area contributed by atoms with E-state index in [9.17, 15) is 4.79 Å². The van der Waals surface area contributed by atoms with Crippen LogP contribution in [0.1, 0.15) is 12.8 Å². The van der Waals surface area contributed by atoms with E-state index in [0.717, 1.165) is 19.4 Å². The van der Waals surface area contributed by atoms with Gasteiger partial charge in [-0.25, -0.2) is 0 Å². The number of hydrogen-bond donors (Lipinski definition) is 2. The van der Waals surface area contributed by atoms with Gasteiger partial charge in [-0.05, 0) is 12.8 Å². The number of nitrogens with zero attached hydrogens (tertiary/aromatic N) is 4. The zero-order valence-corrected chi connectivity index (χ0v) is 10.2. The quantitative estimate of drug-likeness (QED) is 0.719. The average molecular weight is 252 g/mol. The van der Waals surface area contributed by atoms with Crippen LogP contribution in [0.4, 0.5) is 11.9 Å². The summed E-state index contributed by atoms with van der Waals surface area (Å²) in [4.78, 5) is 25.1. The van der Waals surface area contributed by atoms with E-state index >= 15 is 0 Å². The molecule has 0 aromatic carbocycles. The Morgan fingerprint density at radius 3 is 2.89 bits per heavy atom. The van der Waals surface area contributed by atoms with Crippen molar-refractivity contribution in [3.05, 3.63) is 0 Å². The van der Waals surface area contributed by atoms with Gasteiger partial charge in [0.1, 0.15) is 0 Å². The Bertz CT molecular complexity index is 452. The van der Waals surface area contributed by atoms with E-state index in [2.05, 4.69) is 15.0 Å². The molecule has 18 heavy (non-hydrogen) atoms. The van der Waals surface area contributed by atoms with Crippen molar-refractivity contribution < 1.29 is 9.53 Å². The fraction of sp³-hybridized carbons (Fsp3) is 0.600. The molecule has 2 rings (SSSR count). The molecule has 1 fully saturated rings. The highest BCUT2D eigenvalue weighted by molar-refractivity contribution is 5.77. The number of carbonyl (C=O) groups excluding carboxylic acids is 1. The van der Waals surface area contributed by atoms with Crippen molar-refractivity contribution in [3.8, 4) is 6.01 Å². The SMILES string of the molecule is COc1nc(N)nc(N2CCCC(C(N)=O)C2)n1. The number of anilines is 2. The Morgan fingerprint density at radius 1 is 1.44 bits per heavy atom. The molecule has 1 amide bonds. The Balaban J connectivity index is 2.20. The van der Waals surface area contributed by atoms with Crippen LogP contribution in [0.2, 0.25) is 0 Å². The van der Waals surface area contributed by atoms with Crippen LogP contribution >= 0.6 is 0 Å². The van der Waals surface area contributed by atoms with Crippen molar-refractivity contribution in [1.82, 2.24) is 15.0 Å². The number of amides is 1. The minimum Gasteiger partial charge on any atom is -0.467 e. The van der Waals surface area contributed by atoms with Gasteiger partial charge in [0.15, 0.2) is 0 Å². The fourth-order valence-corrected chi connectivity index (χ4v) is 1.98. The summed E-state index contributed by atoms with van der Waals surface area (Å²) in [5.74, 6) is 0.0415. The van der Waals surface area contributed by atoms with Gasteiger partial charge >= 0.3 is 6.01 Å². The summed E-state index contributed by atoms with van der Waals surface area (Å²) in [6.07, 6.45) is 1.66. The smallest absolute Gasteiger partial charge is 0.322 e. The van der Waals surface area contributed by atoms with Gasteiger partial charge < -0.3 is 21.1 Å². The van der Waals surface area contributed by atoms with Crippen LogP contribution in [0.5, 0.6) is 6.01 Å². The summed E-state index contributed by atoms with van der Waals surface area (Å²) in [7, 11) is 1.46. The molecule has 0 aliphatic carbocycles. The normalized spacial score (nSPS) is 19.6. The molecule has 0 spiro atoms. The molecule has 8 nitrogen and oxygen atoms in total. The molecule has 1 aliphatic heterocycles. The van der Waals surface area contributed by atoms with Crippen molar-refractivity contribution in [1.29, 1.82) is 0 Å². The lowest BCUT2D eigenvalue weighted by Gasteiger charge is -2.31. The first-order chi connectivity index (χ1) is 8.60. The molecule has 1 atom stereocenters. The Kier molecular flexibility index (Phi) is 3.45. The summed E-state index contributed by atoms with van der Waals surface area (Å²) in [6.45, 7) is 1.26. The third-order valence-electron chi connectivity index (χ3n) is 2.91. The zero-order chi connectivity index (χ0) is 13.1. The Morgan fingerprint density at radius 2 is 2.22 bits per heavy atom. The number of aromatic nitrogens is 3. The average Bonchev–Trinajstić information content (AvgIpc) is 2.38. The Labute approximate surface area is 104 Å².